The van der Waals surface area contributed by atoms with E-state index < -0.39 is 6.67 Å². The molecule has 12 heavy (non-hydrogen) atoms. The SMILES string of the molecule is CC(CO)c1ccccc1CF. The van der Waals surface area contributed by atoms with E-state index in [1.807, 2.05) is 25.1 Å². The summed E-state index contributed by atoms with van der Waals surface area (Å²) in [5, 5.41) is 8.89. The summed E-state index contributed by atoms with van der Waals surface area (Å²) in [6.45, 7) is 1.49. The van der Waals surface area contributed by atoms with E-state index in [-0.39, 0.29) is 12.5 Å². The normalized spacial score (nSPS) is 12.9. The summed E-state index contributed by atoms with van der Waals surface area (Å²) < 4.78 is 12.4. The number of alkyl halides is 1. The molecule has 0 bridgehead atoms. The molecule has 0 aliphatic carbocycles. The van der Waals surface area contributed by atoms with Gasteiger partial charge in [0, 0.05) is 12.5 Å². The average molecular weight is 168 g/mol. The van der Waals surface area contributed by atoms with Gasteiger partial charge in [0.15, 0.2) is 0 Å². The van der Waals surface area contributed by atoms with Crippen LogP contribution in [0.2, 0.25) is 0 Å². The molecular weight excluding hydrogens is 155 g/mol. The fourth-order valence-corrected chi connectivity index (χ4v) is 1.23. The van der Waals surface area contributed by atoms with Crippen LogP contribution in [-0.2, 0) is 6.67 Å². The lowest BCUT2D eigenvalue weighted by atomic mass is 9.97. The van der Waals surface area contributed by atoms with Crippen LogP contribution in [0.1, 0.15) is 24.0 Å². The van der Waals surface area contributed by atoms with Gasteiger partial charge in [0.2, 0.25) is 0 Å². The molecule has 1 aromatic carbocycles. The monoisotopic (exact) mass is 168 g/mol. The first-order valence-corrected chi connectivity index (χ1v) is 4.04. The second kappa shape index (κ2) is 4.21. The maximum absolute atomic E-state index is 12.4. The molecule has 0 spiro atoms. The molecule has 0 amide bonds. The molecule has 0 aromatic heterocycles. The molecule has 1 N–H and O–H groups in total. The van der Waals surface area contributed by atoms with Crippen LogP contribution in [0.25, 0.3) is 0 Å². The van der Waals surface area contributed by atoms with E-state index in [0.717, 1.165) is 5.56 Å². The number of hydrogen-bond donors (Lipinski definition) is 1. The van der Waals surface area contributed by atoms with Crippen molar-refractivity contribution in [3.8, 4) is 0 Å². The first-order chi connectivity index (χ1) is 5.79. The third kappa shape index (κ3) is 1.83. The zero-order chi connectivity index (χ0) is 8.97. The third-order valence-corrected chi connectivity index (χ3v) is 2.00. The Morgan fingerprint density at radius 1 is 1.42 bits per heavy atom. The molecule has 0 aliphatic rings. The van der Waals surface area contributed by atoms with Crippen molar-refractivity contribution >= 4 is 0 Å². The van der Waals surface area contributed by atoms with Crippen LogP contribution >= 0.6 is 0 Å². The zero-order valence-electron chi connectivity index (χ0n) is 7.13. The standard InChI is InChI=1S/C10H13FO/c1-8(7-12)10-5-3-2-4-9(10)6-11/h2-5,8,12H,6-7H2,1H3. The molecule has 1 unspecified atom stereocenters. The van der Waals surface area contributed by atoms with Gasteiger partial charge in [-0.3, -0.25) is 0 Å². The average Bonchev–Trinajstić information content (AvgIpc) is 2.16. The molecule has 66 valence electrons. The van der Waals surface area contributed by atoms with Crippen molar-refractivity contribution in [1.82, 2.24) is 0 Å². The highest BCUT2D eigenvalue weighted by atomic mass is 19.1. The molecule has 1 rings (SSSR count). The summed E-state index contributed by atoms with van der Waals surface area (Å²) in [6.07, 6.45) is 0. The Hall–Kier alpha value is -0.890. The van der Waals surface area contributed by atoms with Crippen LogP contribution < -0.4 is 0 Å². The minimum Gasteiger partial charge on any atom is -0.396 e. The zero-order valence-corrected chi connectivity index (χ0v) is 7.13. The maximum atomic E-state index is 12.4. The summed E-state index contributed by atoms with van der Waals surface area (Å²) >= 11 is 0. The summed E-state index contributed by atoms with van der Waals surface area (Å²) in [4.78, 5) is 0. The van der Waals surface area contributed by atoms with E-state index in [1.54, 1.807) is 6.07 Å². The molecule has 1 atom stereocenters. The molecule has 0 saturated heterocycles. The van der Waals surface area contributed by atoms with Gasteiger partial charge in [0.1, 0.15) is 6.67 Å². The van der Waals surface area contributed by atoms with Crippen molar-refractivity contribution in [2.75, 3.05) is 6.61 Å². The molecule has 2 heteroatoms. The quantitative estimate of drug-likeness (QED) is 0.734. The van der Waals surface area contributed by atoms with Crippen molar-refractivity contribution in [3.05, 3.63) is 35.4 Å². The smallest absolute Gasteiger partial charge is 0.115 e. The van der Waals surface area contributed by atoms with E-state index in [2.05, 4.69) is 0 Å². The Labute approximate surface area is 71.9 Å². The molecular formula is C10H13FO. The Bertz CT molecular complexity index is 247. The Balaban J connectivity index is 2.96. The number of benzene rings is 1. The van der Waals surface area contributed by atoms with Crippen LogP contribution in [0.5, 0.6) is 0 Å². The van der Waals surface area contributed by atoms with Crippen molar-refractivity contribution < 1.29 is 9.50 Å². The second-order valence-corrected chi connectivity index (χ2v) is 2.92. The van der Waals surface area contributed by atoms with Gasteiger partial charge in [0.05, 0.1) is 0 Å². The summed E-state index contributed by atoms with van der Waals surface area (Å²) in [5.41, 5.74) is 1.58. The Morgan fingerprint density at radius 2 is 2.08 bits per heavy atom. The molecule has 0 fully saturated rings. The summed E-state index contributed by atoms with van der Waals surface area (Å²) in [6, 6.07) is 7.28. The Kier molecular flexibility index (Phi) is 3.23. The lowest BCUT2D eigenvalue weighted by Crippen LogP contribution is -2.02. The fraction of sp³-hybridized carbons (Fsp3) is 0.400. The predicted octanol–water partition coefficient (Wildman–Crippen LogP) is 2.25. The van der Waals surface area contributed by atoms with Crippen LogP contribution in [0.4, 0.5) is 4.39 Å². The first-order valence-electron chi connectivity index (χ1n) is 4.04. The van der Waals surface area contributed by atoms with E-state index >= 15 is 0 Å². The predicted molar refractivity (Wildman–Crippen MR) is 46.8 cm³/mol. The molecule has 0 heterocycles. The number of halogens is 1. The number of aliphatic hydroxyl groups excluding tert-OH is 1. The number of hydrogen-bond acceptors (Lipinski definition) is 1. The van der Waals surface area contributed by atoms with Crippen LogP contribution in [0.3, 0.4) is 0 Å². The van der Waals surface area contributed by atoms with Gasteiger partial charge >= 0.3 is 0 Å². The minimum absolute atomic E-state index is 0.0250. The molecule has 1 nitrogen and oxygen atoms in total. The van der Waals surface area contributed by atoms with Crippen molar-refractivity contribution in [2.45, 2.75) is 19.5 Å². The second-order valence-electron chi connectivity index (χ2n) is 2.92. The van der Waals surface area contributed by atoms with Crippen LogP contribution in [-0.4, -0.2) is 11.7 Å². The van der Waals surface area contributed by atoms with Gasteiger partial charge in [-0.1, -0.05) is 31.2 Å². The molecule has 0 saturated carbocycles. The highest BCUT2D eigenvalue weighted by Gasteiger charge is 2.07. The topological polar surface area (TPSA) is 20.2 Å². The summed E-state index contributed by atoms with van der Waals surface area (Å²) in [5.74, 6) is 0.0250. The summed E-state index contributed by atoms with van der Waals surface area (Å²) in [7, 11) is 0. The van der Waals surface area contributed by atoms with E-state index in [1.165, 1.54) is 0 Å². The largest absolute Gasteiger partial charge is 0.396 e. The molecule has 0 aliphatic heterocycles. The molecule has 0 radical (unpaired) electrons. The first kappa shape index (κ1) is 9.20. The van der Waals surface area contributed by atoms with Gasteiger partial charge < -0.3 is 5.11 Å². The van der Waals surface area contributed by atoms with Crippen LogP contribution in [0.15, 0.2) is 24.3 Å². The van der Waals surface area contributed by atoms with Gasteiger partial charge in [-0.15, -0.1) is 0 Å². The minimum atomic E-state index is -0.458. The lowest BCUT2D eigenvalue weighted by Gasteiger charge is -2.11. The number of aliphatic hydroxyl groups is 1. The highest BCUT2D eigenvalue weighted by Crippen LogP contribution is 2.19. The van der Waals surface area contributed by atoms with Gasteiger partial charge in [-0.05, 0) is 11.1 Å². The molecule has 1 aromatic rings. The van der Waals surface area contributed by atoms with Gasteiger partial charge in [0.25, 0.3) is 0 Å². The van der Waals surface area contributed by atoms with E-state index in [9.17, 15) is 4.39 Å². The number of rotatable bonds is 3. The van der Waals surface area contributed by atoms with Gasteiger partial charge in [-0.25, -0.2) is 4.39 Å². The van der Waals surface area contributed by atoms with E-state index in [4.69, 9.17) is 5.11 Å². The fourth-order valence-electron chi connectivity index (χ4n) is 1.23. The maximum Gasteiger partial charge on any atom is 0.115 e. The van der Waals surface area contributed by atoms with Crippen LogP contribution in [0, 0.1) is 0 Å². The highest BCUT2D eigenvalue weighted by molar-refractivity contribution is 5.29. The van der Waals surface area contributed by atoms with E-state index in [0.29, 0.717) is 5.56 Å². The Morgan fingerprint density at radius 3 is 2.67 bits per heavy atom. The van der Waals surface area contributed by atoms with Crippen molar-refractivity contribution in [3.63, 3.8) is 0 Å². The van der Waals surface area contributed by atoms with Gasteiger partial charge in [-0.2, -0.15) is 0 Å². The lowest BCUT2D eigenvalue weighted by molar-refractivity contribution is 0.272. The van der Waals surface area contributed by atoms with Crippen molar-refractivity contribution in [2.24, 2.45) is 0 Å². The third-order valence-electron chi connectivity index (χ3n) is 2.00. The van der Waals surface area contributed by atoms with Crippen molar-refractivity contribution in [1.29, 1.82) is 0 Å².